The summed E-state index contributed by atoms with van der Waals surface area (Å²) < 4.78 is 10.7. The highest BCUT2D eigenvalue weighted by atomic mass is 32.1. The number of aliphatic hydroxyl groups is 1. The number of hydrogen-bond acceptors (Lipinski definition) is 6. The van der Waals surface area contributed by atoms with Crippen LogP contribution in [0, 0.1) is 12.3 Å². The van der Waals surface area contributed by atoms with Gasteiger partial charge >= 0.3 is 0 Å². The Kier molecular flexibility index (Phi) is 5.95. The van der Waals surface area contributed by atoms with Gasteiger partial charge in [0.1, 0.15) is 16.6 Å². The molecule has 1 aliphatic heterocycles. The first-order chi connectivity index (χ1) is 15.0. The van der Waals surface area contributed by atoms with Crippen LogP contribution in [0.5, 0.6) is 11.5 Å². The lowest BCUT2D eigenvalue weighted by Crippen LogP contribution is -2.28. The maximum Gasteiger partial charge on any atom is 0.160 e. The molecule has 2 N–H and O–H groups in total. The zero-order valence-electron chi connectivity index (χ0n) is 17.8. The second-order valence-electron chi connectivity index (χ2n) is 7.44. The summed E-state index contributed by atoms with van der Waals surface area (Å²) in [7, 11) is 3.23. The first kappa shape index (κ1) is 20.9. The molecular weight excluding hydrogens is 410 g/mol. The number of thiazole rings is 1. The summed E-state index contributed by atoms with van der Waals surface area (Å²) in [5.41, 5.74) is 4.69. The minimum Gasteiger partial charge on any atom is -0.510 e. The van der Waals surface area contributed by atoms with Crippen molar-refractivity contribution < 1.29 is 14.6 Å². The van der Waals surface area contributed by atoms with Crippen LogP contribution in [-0.2, 0) is 6.42 Å². The van der Waals surface area contributed by atoms with Crippen LogP contribution in [-0.4, -0.2) is 48.1 Å². The molecule has 0 fully saturated rings. The molecule has 1 aromatic heterocycles. The van der Waals surface area contributed by atoms with Crippen molar-refractivity contribution in [3.63, 3.8) is 0 Å². The largest absolute Gasteiger partial charge is 0.510 e. The minimum absolute atomic E-state index is 0.196. The first-order valence-corrected chi connectivity index (χ1v) is 10.9. The lowest BCUT2D eigenvalue weighted by Gasteiger charge is -2.18. The molecule has 31 heavy (non-hydrogen) atoms. The van der Waals surface area contributed by atoms with Gasteiger partial charge in [0.2, 0.25) is 0 Å². The van der Waals surface area contributed by atoms with Gasteiger partial charge in [-0.05, 0) is 31.0 Å². The molecule has 7 heteroatoms. The van der Waals surface area contributed by atoms with E-state index in [0.29, 0.717) is 41.0 Å². The van der Waals surface area contributed by atoms with Gasteiger partial charge in [-0.15, -0.1) is 11.3 Å². The number of aliphatic hydroxyl groups excluding tert-OH is 1. The Morgan fingerprint density at radius 1 is 1.10 bits per heavy atom. The summed E-state index contributed by atoms with van der Waals surface area (Å²) in [6.07, 6.45) is 0.718. The molecule has 0 radical (unpaired) electrons. The van der Waals surface area contributed by atoms with Gasteiger partial charge in [0.15, 0.2) is 11.5 Å². The predicted octanol–water partition coefficient (Wildman–Crippen LogP) is 4.94. The molecular formula is C24H25N3O3S. The second kappa shape index (κ2) is 8.81. The number of nitrogens with one attached hydrogen (secondary N) is 1. The van der Waals surface area contributed by atoms with E-state index in [1.54, 1.807) is 14.2 Å². The molecule has 0 saturated heterocycles. The van der Waals surface area contributed by atoms with Crippen molar-refractivity contribution in [3.8, 4) is 22.8 Å². The molecule has 0 spiro atoms. The van der Waals surface area contributed by atoms with E-state index in [-0.39, 0.29) is 5.76 Å². The van der Waals surface area contributed by atoms with E-state index in [4.69, 9.17) is 19.9 Å². The van der Waals surface area contributed by atoms with Crippen LogP contribution in [0.2, 0.25) is 0 Å². The monoisotopic (exact) mass is 435 g/mol. The van der Waals surface area contributed by atoms with Crippen LogP contribution in [0.15, 0.2) is 53.6 Å². The Bertz CT molecular complexity index is 1140. The van der Waals surface area contributed by atoms with Crippen LogP contribution in [0.25, 0.3) is 16.8 Å². The third-order valence-electron chi connectivity index (χ3n) is 5.37. The summed E-state index contributed by atoms with van der Waals surface area (Å²) in [6.45, 7) is 2.98. The van der Waals surface area contributed by atoms with Crippen LogP contribution in [0.4, 0.5) is 0 Å². The number of aromatic nitrogens is 1. The van der Waals surface area contributed by atoms with Crippen LogP contribution >= 0.6 is 11.3 Å². The molecule has 3 aromatic rings. The lowest BCUT2D eigenvalue weighted by atomic mass is 10.1. The zero-order chi connectivity index (χ0) is 22.0. The standard InChI is InChI=1S/C24H25N3O3S/c1-15-4-7-17(8-5-15)18-14-31-24(26-18)22-19(28)13-27(23(22)25)11-10-16-6-9-20(29-2)21(12-16)30-3/h4-9,12,14,25,28H,10-11,13H2,1-3H3. The quantitative estimate of drug-likeness (QED) is 0.550. The van der Waals surface area contributed by atoms with Crippen molar-refractivity contribution in [2.45, 2.75) is 13.3 Å². The van der Waals surface area contributed by atoms with E-state index in [1.165, 1.54) is 16.9 Å². The average molecular weight is 436 g/mol. The molecule has 0 saturated carbocycles. The van der Waals surface area contributed by atoms with E-state index in [0.717, 1.165) is 23.2 Å². The maximum absolute atomic E-state index is 10.6. The molecule has 0 amide bonds. The molecule has 1 aliphatic rings. The van der Waals surface area contributed by atoms with E-state index in [9.17, 15) is 5.11 Å². The summed E-state index contributed by atoms with van der Waals surface area (Å²) in [5, 5.41) is 21.8. The number of aryl methyl sites for hydroxylation is 1. The number of rotatable bonds is 7. The fourth-order valence-corrected chi connectivity index (χ4v) is 4.49. The summed E-state index contributed by atoms with van der Waals surface area (Å²) in [6, 6.07) is 14.0. The number of methoxy groups -OCH3 is 2. The second-order valence-corrected chi connectivity index (χ2v) is 8.29. The normalized spacial score (nSPS) is 13.8. The number of ether oxygens (including phenoxy) is 2. The van der Waals surface area contributed by atoms with E-state index in [1.807, 2.05) is 40.6 Å². The Morgan fingerprint density at radius 3 is 2.55 bits per heavy atom. The van der Waals surface area contributed by atoms with Crippen LogP contribution in [0.1, 0.15) is 16.1 Å². The molecule has 2 aromatic carbocycles. The fraction of sp³-hybridized carbons (Fsp3) is 0.250. The molecule has 2 heterocycles. The Hall–Kier alpha value is -3.32. The van der Waals surface area contributed by atoms with Gasteiger partial charge in [0.25, 0.3) is 0 Å². The molecule has 6 nitrogen and oxygen atoms in total. The molecule has 0 aliphatic carbocycles. The van der Waals surface area contributed by atoms with Gasteiger partial charge in [-0.25, -0.2) is 4.98 Å². The lowest BCUT2D eigenvalue weighted by molar-refractivity contribution is 0.349. The van der Waals surface area contributed by atoms with Crippen molar-refractivity contribution in [3.05, 3.63) is 69.7 Å². The summed E-state index contributed by atoms with van der Waals surface area (Å²) in [4.78, 5) is 6.56. The Balaban J connectivity index is 1.46. The van der Waals surface area contributed by atoms with Gasteiger partial charge in [-0.2, -0.15) is 0 Å². The Labute approximate surface area is 185 Å². The van der Waals surface area contributed by atoms with Gasteiger partial charge in [-0.1, -0.05) is 35.9 Å². The van der Waals surface area contributed by atoms with Gasteiger partial charge in [0, 0.05) is 17.5 Å². The summed E-state index contributed by atoms with van der Waals surface area (Å²) >= 11 is 1.45. The fourth-order valence-electron chi connectivity index (χ4n) is 3.59. The maximum atomic E-state index is 10.6. The topological polar surface area (TPSA) is 78.7 Å². The zero-order valence-corrected chi connectivity index (χ0v) is 18.6. The number of benzene rings is 2. The summed E-state index contributed by atoms with van der Waals surface area (Å²) in [5.74, 6) is 1.88. The van der Waals surface area contributed by atoms with E-state index < -0.39 is 0 Å². The van der Waals surface area contributed by atoms with Crippen molar-refractivity contribution in [1.29, 1.82) is 5.41 Å². The van der Waals surface area contributed by atoms with Crippen LogP contribution in [0.3, 0.4) is 0 Å². The van der Waals surface area contributed by atoms with Crippen molar-refractivity contribution in [2.75, 3.05) is 27.3 Å². The highest BCUT2D eigenvalue weighted by Crippen LogP contribution is 2.33. The Morgan fingerprint density at radius 2 is 1.84 bits per heavy atom. The SMILES string of the molecule is COc1ccc(CCN2CC(O)=C(c3nc(-c4ccc(C)cc4)cs3)C2=N)cc1OC. The molecule has 0 unspecified atom stereocenters. The molecule has 0 atom stereocenters. The van der Waals surface area contributed by atoms with Gasteiger partial charge in [-0.3, -0.25) is 5.41 Å². The number of amidine groups is 1. The van der Waals surface area contributed by atoms with Crippen LogP contribution < -0.4 is 9.47 Å². The number of hydrogen-bond donors (Lipinski definition) is 2. The van der Waals surface area contributed by atoms with Gasteiger partial charge in [0.05, 0.1) is 32.0 Å². The van der Waals surface area contributed by atoms with E-state index >= 15 is 0 Å². The van der Waals surface area contributed by atoms with Crippen molar-refractivity contribution in [2.24, 2.45) is 0 Å². The molecule has 4 rings (SSSR count). The van der Waals surface area contributed by atoms with Crippen molar-refractivity contribution in [1.82, 2.24) is 9.88 Å². The van der Waals surface area contributed by atoms with Gasteiger partial charge < -0.3 is 19.5 Å². The minimum atomic E-state index is 0.196. The highest BCUT2D eigenvalue weighted by Gasteiger charge is 2.30. The number of nitrogens with zero attached hydrogens (tertiary/aromatic N) is 2. The smallest absolute Gasteiger partial charge is 0.160 e. The third-order valence-corrected chi connectivity index (χ3v) is 6.23. The van der Waals surface area contributed by atoms with E-state index in [2.05, 4.69) is 19.1 Å². The molecule has 0 bridgehead atoms. The molecule has 160 valence electrons. The predicted molar refractivity (Wildman–Crippen MR) is 124 cm³/mol. The first-order valence-electron chi connectivity index (χ1n) is 10.00. The third kappa shape index (κ3) is 4.27. The highest BCUT2D eigenvalue weighted by molar-refractivity contribution is 7.11. The average Bonchev–Trinajstić information content (AvgIpc) is 3.36. The van der Waals surface area contributed by atoms with Crippen molar-refractivity contribution >= 4 is 22.7 Å².